The molecule has 1 atom stereocenters. The lowest BCUT2D eigenvalue weighted by Gasteiger charge is -2.14. The zero-order valence-electron chi connectivity index (χ0n) is 15.7. The molecule has 0 aliphatic heterocycles. The molecule has 2 heterocycles. The second-order valence-corrected chi connectivity index (χ2v) is 6.99. The zero-order chi connectivity index (χ0) is 19.2. The van der Waals surface area contributed by atoms with E-state index >= 15 is 0 Å². The van der Waals surface area contributed by atoms with Crippen molar-refractivity contribution in [3.63, 3.8) is 0 Å². The third-order valence-electron chi connectivity index (χ3n) is 4.19. The molecule has 1 aromatic carbocycles. The number of pyridine rings is 1. The number of carbonyl (C=O) groups excluding carboxylic acids is 1. The number of hydrogen-bond acceptors (Lipinski definition) is 5. The van der Waals surface area contributed by atoms with Crippen molar-refractivity contribution in [3.8, 4) is 11.1 Å². The molecule has 6 heteroatoms. The summed E-state index contributed by atoms with van der Waals surface area (Å²) in [5.41, 5.74) is 3.10. The average molecular weight is 379 g/mol. The summed E-state index contributed by atoms with van der Waals surface area (Å²) in [6.07, 6.45) is 3.67. The molecule has 2 aromatic heterocycles. The summed E-state index contributed by atoms with van der Waals surface area (Å²) in [7, 11) is 0. The number of aliphatic imine (C=N–C) groups is 1. The maximum atomic E-state index is 11.7. The van der Waals surface area contributed by atoms with Crippen LogP contribution in [0.5, 0.6) is 0 Å². The molecule has 1 unspecified atom stereocenters. The van der Waals surface area contributed by atoms with Gasteiger partial charge in [0.15, 0.2) is 10.9 Å². The molecule has 3 aromatic rings. The van der Waals surface area contributed by atoms with Gasteiger partial charge in [0.05, 0.1) is 5.69 Å². The number of thiazole rings is 1. The summed E-state index contributed by atoms with van der Waals surface area (Å²) in [4.78, 5) is 26.8. The highest BCUT2D eigenvalue weighted by atomic mass is 32.1. The van der Waals surface area contributed by atoms with Gasteiger partial charge < -0.3 is 0 Å². The highest BCUT2D eigenvalue weighted by Gasteiger charge is 2.15. The SMILES string of the molecule is CCN(C(C)=O)c1nc(C(C)C=Nc2ccc(-c3ccccc3)cn2)cs1. The molecule has 138 valence electrons. The van der Waals surface area contributed by atoms with Crippen LogP contribution in [0.25, 0.3) is 11.1 Å². The van der Waals surface area contributed by atoms with Crippen molar-refractivity contribution >= 4 is 34.4 Å². The molecule has 0 N–H and O–H groups in total. The number of aromatic nitrogens is 2. The molecular formula is C21H22N4OS. The van der Waals surface area contributed by atoms with Crippen LogP contribution in [-0.2, 0) is 4.79 Å². The van der Waals surface area contributed by atoms with Crippen molar-refractivity contribution in [2.45, 2.75) is 26.7 Å². The third kappa shape index (κ3) is 4.65. The van der Waals surface area contributed by atoms with E-state index in [1.807, 2.05) is 62.0 Å². The number of amides is 1. The van der Waals surface area contributed by atoms with Gasteiger partial charge in [0.2, 0.25) is 5.91 Å². The highest BCUT2D eigenvalue weighted by molar-refractivity contribution is 7.14. The second-order valence-electron chi connectivity index (χ2n) is 6.16. The fourth-order valence-electron chi connectivity index (χ4n) is 2.63. The zero-order valence-corrected chi connectivity index (χ0v) is 16.5. The minimum absolute atomic E-state index is 0.00225. The topological polar surface area (TPSA) is 58.5 Å². The molecule has 1 amide bonds. The van der Waals surface area contributed by atoms with E-state index in [1.54, 1.807) is 11.8 Å². The summed E-state index contributed by atoms with van der Waals surface area (Å²) < 4.78 is 0. The monoisotopic (exact) mass is 378 g/mol. The van der Waals surface area contributed by atoms with Crippen LogP contribution in [0.1, 0.15) is 32.4 Å². The maximum absolute atomic E-state index is 11.7. The molecule has 3 rings (SSSR count). The molecule has 0 aliphatic carbocycles. The normalized spacial score (nSPS) is 12.3. The quantitative estimate of drug-likeness (QED) is 0.562. The van der Waals surface area contributed by atoms with Crippen LogP contribution < -0.4 is 4.90 Å². The minimum Gasteiger partial charge on any atom is -0.289 e. The molecular weight excluding hydrogens is 356 g/mol. The lowest BCUT2D eigenvalue weighted by Crippen LogP contribution is -2.27. The van der Waals surface area contributed by atoms with Gasteiger partial charge in [-0.1, -0.05) is 37.3 Å². The van der Waals surface area contributed by atoms with Gasteiger partial charge in [-0.25, -0.2) is 15.0 Å². The molecule has 0 saturated carbocycles. The van der Waals surface area contributed by atoms with Crippen molar-refractivity contribution < 1.29 is 4.79 Å². The minimum atomic E-state index is 0.00225. The Morgan fingerprint density at radius 3 is 2.63 bits per heavy atom. The van der Waals surface area contributed by atoms with Crippen molar-refractivity contribution in [1.82, 2.24) is 9.97 Å². The smallest absolute Gasteiger partial charge is 0.225 e. The van der Waals surface area contributed by atoms with Gasteiger partial charge in [-0.05, 0) is 24.6 Å². The molecule has 0 fully saturated rings. The fourth-order valence-corrected chi connectivity index (χ4v) is 3.67. The van der Waals surface area contributed by atoms with Gasteiger partial charge in [0.25, 0.3) is 0 Å². The Morgan fingerprint density at radius 2 is 2.00 bits per heavy atom. The Balaban J connectivity index is 1.69. The molecule has 5 nitrogen and oxygen atoms in total. The molecule has 27 heavy (non-hydrogen) atoms. The van der Waals surface area contributed by atoms with Gasteiger partial charge in [-0.15, -0.1) is 11.3 Å². The van der Waals surface area contributed by atoms with E-state index in [2.05, 4.69) is 27.1 Å². The maximum Gasteiger partial charge on any atom is 0.225 e. The number of benzene rings is 1. The summed E-state index contributed by atoms with van der Waals surface area (Å²) in [5.74, 6) is 0.703. The second kappa shape index (κ2) is 8.68. The Bertz CT molecular complexity index is 919. The predicted octanol–water partition coefficient (Wildman–Crippen LogP) is 5.08. The van der Waals surface area contributed by atoms with Crippen LogP contribution in [0.4, 0.5) is 10.9 Å². The third-order valence-corrected chi connectivity index (χ3v) is 5.07. The van der Waals surface area contributed by atoms with Gasteiger partial charge in [-0.2, -0.15) is 0 Å². The first-order chi connectivity index (χ1) is 13.1. The van der Waals surface area contributed by atoms with Crippen LogP contribution >= 0.6 is 11.3 Å². The lowest BCUT2D eigenvalue weighted by atomic mass is 10.1. The average Bonchev–Trinajstić information content (AvgIpc) is 3.17. The van der Waals surface area contributed by atoms with E-state index in [1.165, 1.54) is 11.3 Å². The van der Waals surface area contributed by atoms with Crippen LogP contribution in [0.2, 0.25) is 0 Å². The number of carbonyl (C=O) groups is 1. The van der Waals surface area contributed by atoms with Crippen LogP contribution in [-0.4, -0.2) is 28.6 Å². The van der Waals surface area contributed by atoms with E-state index in [0.29, 0.717) is 12.4 Å². The first kappa shape index (κ1) is 18.9. The van der Waals surface area contributed by atoms with E-state index in [9.17, 15) is 4.79 Å². The molecule has 0 saturated heterocycles. The summed E-state index contributed by atoms with van der Waals surface area (Å²) in [6.45, 7) is 6.14. The molecule has 0 bridgehead atoms. The van der Waals surface area contributed by atoms with Crippen molar-refractivity contribution in [3.05, 3.63) is 59.7 Å². The standard InChI is InChI=1S/C21H22N4OS/c1-4-25(16(3)26)21-24-19(14-27-21)15(2)12-22-20-11-10-18(13-23-20)17-8-6-5-7-9-17/h5-15H,4H2,1-3H3. The van der Waals surface area contributed by atoms with Crippen LogP contribution in [0, 0.1) is 0 Å². The molecule has 0 radical (unpaired) electrons. The van der Waals surface area contributed by atoms with E-state index in [0.717, 1.165) is 22.0 Å². The van der Waals surface area contributed by atoms with Crippen LogP contribution in [0.3, 0.4) is 0 Å². The highest BCUT2D eigenvalue weighted by Crippen LogP contribution is 2.25. The van der Waals surface area contributed by atoms with Crippen molar-refractivity contribution in [1.29, 1.82) is 0 Å². The summed E-state index contributed by atoms with van der Waals surface area (Å²) >= 11 is 1.48. The van der Waals surface area contributed by atoms with Gasteiger partial charge in [0.1, 0.15) is 0 Å². The first-order valence-corrected chi connectivity index (χ1v) is 9.75. The van der Waals surface area contributed by atoms with Gasteiger partial charge in [-0.3, -0.25) is 9.69 Å². The Morgan fingerprint density at radius 1 is 1.22 bits per heavy atom. The van der Waals surface area contributed by atoms with Gasteiger partial charge in [0, 0.05) is 42.7 Å². The molecule has 0 aliphatic rings. The van der Waals surface area contributed by atoms with Crippen molar-refractivity contribution in [2.24, 2.45) is 4.99 Å². The predicted molar refractivity (Wildman–Crippen MR) is 112 cm³/mol. The van der Waals surface area contributed by atoms with E-state index in [4.69, 9.17) is 0 Å². The fraction of sp³-hybridized carbons (Fsp3) is 0.238. The van der Waals surface area contributed by atoms with Crippen molar-refractivity contribution in [2.75, 3.05) is 11.4 Å². The number of anilines is 1. The molecule has 0 spiro atoms. The first-order valence-electron chi connectivity index (χ1n) is 8.87. The van der Waals surface area contributed by atoms with E-state index in [-0.39, 0.29) is 11.8 Å². The largest absolute Gasteiger partial charge is 0.289 e. The summed E-state index contributed by atoms with van der Waals surface area (Å²) in [6, 6.07) is 14.1. The lowest BCUT2D eigenvalue weighted by molar-refractivity contribution is -0.116. The van der Waals surface area contributed by atoms with E-state index < -0.39 is 0 Å². The Kier molecular flexibility index (Phi) is 6.08. The number of hydrogen-bond donors (Lipinski definition) is 0. The summed E-state index contributed by atoms with van der Waals surface area (Å²) in [5, 5.41) is 2.70. The van der Waals surface area contributed by atoms with Crippen LogP contribution in [0.15, 0.2) is 59.0 Å². The number of nitrogens with zero attached hydrogens (tertiary/aromatic N) is 4. The Hall–Kier alpha value is -2.86. The van der Waals surface area contributed by atoms with Gasteiger partial charge >= 0.3 is 0 Å². The Labute approximate surface area is 163 Å². The number of rotatable bonds is 6.